The second kappa shape index (κ2) is 7.11. The van der Waals surface area contributed by atoms with Crippen molar-refractivity contribution in [3.63, 3.8) is 0 Å². The summed E-state index contributed by atoms with van der Waals surface area (Å²) in [4.78, 5) is 10.5. The third-order valence-electron chi connectivity index (χ3n) is 3.55. The summed E-state index contributed by atoms with van der Waals surface area (Å²) in [6, 6.07) is 7.39. The normalized spacial score (nSPS) is 14.2. The van der Waals surface area contributed by atoms with Crippen molar-refractivity contribution in [3.8, 4) is 0 Å². The number of para-hydroxylation sites is 1. The molecule has 0 radical (unpaired) electrons. The third kappa shape index (κ3) is 4.11. The van der Waals surface area contributed by atoms with E-state index in [4.69, 9.17) is 0 Å². The molecule has 0 bridgehead atoms. The van der Waals surface area contributed by atoms with Crippen molar-refractivity contribution in [1.82, 2.24) is 5.32 Å². The molecule has 0 aromatic heterocycles. The molecule has 1 aromatic rings. The highest BCUT2D eigenvalue weighted by Crippen LogP contribution is 2.17. The Hall–Kier alpha value is -1.42. The van der Waals surface area contributed by atoms with Crippen molar-refractivity contribution in [2.24, 2.45) is 5.92 Å². The average Bonchev–Trinajstić information content (AvgIpc) is 2.38. The molecule has 0 aliphatic carbocycles. The fourth-order valence-electron chi connectivity index (χ4n) is 1.89. The molecular weight excluding hydrogens is 228 g/mol. The van der Waals surface area contributed by atoms with E-state index in [1.807, 2.05) is 12.1 Å². The quantitative estimate of drug-likeness (QED) is 0.597. The number of nitro benzene ring substituents is 1. The minimum atomic E-state index is -0.312. The molecular formula is C14H22N2O2. The molecule has 1 aromatic carbocycles. The van der Waals surface area contributed by atoms with Gasteiger partial charge in [0.2, 0.25) is 0 Å². The van der Waals surface area contributed by atoms with Crippen LogP contribution < -0.4 is 5.32 Å². The van der Waals surface area contributed by atoms with Crippen molar-refractivity contribution in [2.75, 3.05) is 6.54 Å². The Morgan fingerprint density at radius 3 is 2.61 bits per heavy atom. The van der Waals surface area contributed by atoms with E-state index in [0.717, 1.165) is 18.5 Å². The Morgan fingerprint density at radius 2 is 2.00 bits per heavy atom. The average molecular weight is 250 g/mol. The minimum absolute atomic E-state index is 0.218. The first kappa shape index (κ1) is 14.6. The molecule has 1 rings (SSSR count). The molecule has 4 heteroatoms. The SMILES string of the molecule is CCC(C)C(C)NCCc1ccccc1[N+](=O)[O-]. The molecule has 0 amide bonds. The molecule has 2 atom stereocenters. The van der Waals surface area contributed by atoms with E-state index in [2.05, 4.69) is 26.1 Å². The van der Waals surface area contributed by atoms with Crippen LogP contribution in [0.1, 0.15) is 32.8 Å². The van der Waals surface area contributed by atoms with E-state index < -0.39 is 0 Å². The Kier molecular flexibility index (Phi) is 5.78. The maximum atomic E-state index is 10.9. The van der Waals surface area contributed by atoms with Crippen molar-refractivity contribution < 1.29 is 4.92 Å². The first-order chi connectivity index (χ1) is 8.56. The summed E-state index contributed by atoms with van der Waals surface area (Å²) in [5.41, 5.74) is 1.02. The standard InChI is InChI=1S/C14H22N2O2/c1-4-11(2)12(3)15-10-9-13-7-5-6-8-14(13)16(17)18/h5-8,11-12,15H,4,9-10H2,1-3H3. The number of rotatable bonds is 7. The lowest BCUT2D eigenvalue weighted by molar-refractivity contribution is -0.385. The molecule has 0 saturated heterocycles. The fraction of sp³-hybridized carbons (Fsp3) is 0.571. The second-order valence-corrected chi connectivity index (χ2v) is 4.76. The summed E-state index contributed by atoms with van der Waals surface area (Å²) in [7, 11) is 0. The van der Waals surface area contributed by atoms with Gasteiger partial charge in [0, 0.05) is 17.7 Å². The minimum Gasteiger partial charge on any atom is -0.314 e. The molecule has 18 heavy (non-hydrogen) atoms. The molecule has 0 fully saturated rings. The van der Waals surface area contributed by atoms with Gasteiger partial charge in [0.25, 0.3) is 5.69 Å². The van der Waals surface area contributed by atoms with Crippen LogP contribution in [-0.4, -0.2) is 17.5 Å². The summed E-state index contributed by atoms with van der Waals surface area (Å²) >= 11 is 0. The van der Waals surface area contributed by atoms with Crippen molar-refractivity contribution in [2.45, 2.75) is 39.7 Å². The zero-order valence-electron chi connectivity index (χ0n) is 11.3. The van der Waals surface area contributed by atoms with Crippen LogP contribution in [-0.2, 0) is 6.42 Å². The number of nitro groups is 1. The van der Waals surface area contributed by atoms with E-state index in [9.17, 15) is 10.1 Å². The van der Waals surface area contributed by atoms with Crippen LogP contribution in [0.25, 0.3) is 0 Å². The second-order valence-electron chi connectivity index (χ2n) is 4.76. The Morgan fingerprint density at radius 1 is 1.33 bits per heavy atom. The van der Waals surface area contributed by atoms with Gasteiger partial charge < -0.3 is 5.32 Å². The van der Waals surface area contributed by atoms with Gasteiger partial charge in [-0.1, -0.05) is 38.5 Å². The highest BCUT2D eigenvalue weighted by Gasteiger charge is 2.13. The Balaban J connectivity index is 2.51. The molecule has 4 nitrogen and oxygen atoms in total. The van der Waals surface area contributed by atoms with Gasteiger partial charge in [-0.25, -0.2) is 0 Å². The topological polar surface area (TPSA) is 55.2 Å². The van der Waals surface area contributed by atoms with Gasteiger partial charge in [0.05, 0.1) is 4.92 Å². The lowest BCUT2D eigenvalue weighted by atomic mass is 10.0. The highest BCUT2D eigenvalue weighted by molar-refractivity contribution is 5.39. The lowest BCUT2D eigenvalue weighted by Crippen LogP contribution is -2.33. The smallest absolute Gasteiger partial charge is 0.272 e. The van der Waals surface area contributed by atoms with Gasteiger partial charge >= 0.3 is 0 Å². The van der Waals surface area contributed by atoms with Crippen molar-refractivity contribution in [3.05, 3.63) is 39.9 Å². The number of nitrogens with zero attached hydrogens (tertiary/aromatic N) is 1. The molecule has 0 saturated carbocycles. The van der Waals surface area contributed by atoms with Crippen molar-refractivity contribution >= 4 is 5.69 Å². The molecule has 0 heterocycles. The van der Waals surface area contributed by atoms with E-state index in [0.29, 0.717) is 18.4 Å². The predicted molar refractivity (Wildman–Crippen MR) is 73.7 cm³/mol. The monoisotopic (exact) mass is 250 g/mol. The van der Waals surface area contributed by atoms with Crippen LogP contribution in [0.15, 0.2) is 24.3 Å². The number of hydrogen-bond acceptors (Lipinski definition) is 3. The zero-order valence-corrected chi connectivity index (χ0v) is 11.3. The summed E-state index contributed by atoms with van der Waals surface area (Å²) in [5.74, 6) is 0.621. The fourth-order valence-corrected chi connectivity index (χ4v) is 1.89. The van der Waals surface area contributed by atoms with Crippen LogP contribution in [0.5, 0.6) is 0 Å². The maximum Gasteiger partial charge on any atom is 0.272 e. The van der Waals surface area contributed by atoms with Crippen LogP contribution in [0.2, 0.25) is 0 Å². The molecule has 100 valence electrons. The van der Waals surface area contributed by atoms with Crippen molar-refractivity contribution in [1.29, 1.82) is 0 Å². The van der Waals surface area contributed by atoms with Gasteiger partial charge in [-0.05, 0) is 25.8 Å². The van der Waals surface area contributed by atoms with Crippen LogP contribution in [0, 0.1) is 16.0 Å². The summed E-state index contributed by atoms with van der Waals surface area (Å²) in [5, 5.41) is 14.3. The summed E-state index contributed by atoms with van der Waals surface area (Å²) < 4.78 is 0. The number of nitrogens with one attached hydrogen (secondary N) is 1. The van der Waals surface area contributed by atoms with E-state index in [-0.39, 0.29) is 10.6 Å². The Bertz CT molecular complexity index is 393. The number of benzene rings is 1. The first-order valence-corrected chi connectivity index (χ1v) is 6.52. The molecule has 0 aliphatic rings. The van der Waals surface area contributed by atoms with E-state index in [1.165, 1.54) is 0 Å². The predicted octanol–water partition coefficient (Wildman–Crippen LogP) is 3.16. The third-order valence-corrected chi connectivity index (χ3v) is 3.55. The van der Waals surface area contributed by atoms with Crippen LogP contribution in [0.4, 0.5) is 5.69 Å². The molecule has 2 unspecified atom stereocenters. The Labute approximate surface area is 109 Å². The molecule has 0 aliphatic heterocycles. The largest absolute Gasteiger partial charge is 0.314 e. The first-order valence-electron chi connectivity index (χ1n) is 6.52. The van der Waals surface area contributed by atoms with Gasteiger partial charge in [0.15, 0.2) is 0 Å². The van der Waals surface area contributed by atoms with Gasteiger partial charge in [0.1, 0.15) is 0 Å². The van der Waals surface area contributed by atoms with Crippen LogP contribution in [0.3, 0.4) is 0 Å². The summed E-state index contributed by atoms with van der Waals surface area (Å²) in [6.07, 6.45) is 1.83. The molecule has 1 N–H and O–H groups in total. The van der Waals surface area contributed by atoms with Gasteiger partial charge in [-0.2, -0.15) is 0 Å². The maximum absolute atomic E-state index is 10.9. The van der Waals surface area contributed by atoms with Gasteiger partial charge in [-0.3, -0.25) is 10.1 Å². The number of hydrogen-bond donors (Lipinski definition) is 1. The van der Waals surface area contributed by atoms with Gasteiger partial charge in [-0.15, -0.1) is 0 Å². The lowest BCUT2D eigenvalue weighted by Gasteiger charge is -2.19. The van der Waals surface area contributed by atoms with E-state index >= 15 is 0 Å². The van der Waals surface area contributed by atoms with E-state index in [1.54, 1.807) is 12.1 Å². The zero-order chi connectivity index (χ0) is 13.5. The van der Waals surface area contributed by atoms with Crippen LogP contribution >= 0.6 is 0 Å². The summed E-state index contributed by atoms with van der Waals surface area (Å²) in [6.45, 7) is 7.32. The highest BCUT2D eigenvalue weighted by atomic mass is 16.6. The molecule has 0 spiro atoms.